The molecular formula is C14H17N3. The summed E-state index contributed by atoms with van der Waals surface area (Å²) in [5.74, 6) is 0. The Hall–Kier alpha value is -1.61. The number of rotatable bonds is 4. The lowest BCUT2D eigenvalue weighted by atomic mass is 10.0. The first-order valence-corrected chi connectivity index (χ1v) is 6.13. The van der Waals surface area contributed by atoms with Gasteiger partial charge in [0.25, 0.3) is 0 Å². The molecule has 0 atom stereocenters. The quantitative estimate of drug-likeness (QED) is 0.869. The van der Waals surface area contributed by atoms with Crippen molar-refractivity contribution < 1.29 is 0 Å². The van der Waals surface area contributed by atoms with E-state index in [1.165, 1.54) is 29.5 Å². The Morgan fingerprint density at radius 2 is 2.18 bits per heavy atom. The van der Waals surface area contributed by atoms with Gasteiger partial charge >= 0.3 is 0 Å². The molecule has 1 aliphatic carbocycles. The smallest absolute Gasteiger partial charge is 0.0568 e. The largest absolute Gasteiger partial charge is 0.310 e. The maximum absolute atomic E-state index is 4.24. The van der Waals surface area contributed by atoms with Crippen molar-refractivity contribution in [2.45, 2.75) is 25.4 Å². The van der Waals surface area contributed by atoms with E-state index in [1.54, 1.807) is 0 Å². The summed E-state index contributed by atoms with van der Waals surface area (Å²) in [5.41, 5.74) is 3.84. The van der Waals surface area contributed by atoms with Crippen LogP contribution in [0, 0.1) is 0 Å². The van der Waals surface area contributed by atoms with Crippen LogP contribution in [0.4, 0.5) is 0 Å². The van der Waals surface area contributed by atoms with Gasteiger partial charge in [0.1, 0.15) is 0 Å². The number of nitrogens with one attached hydrogen (secondary N) is 1. The van der Waals surface area contributed by atoms with Crippen LogP contribution in [0.25, 0.3) is 11.1 Å². The molecule has 1 aromatic carbocycles. The third kappa shape index (κ3) is 2.39. The molecule has 17 heavy (non-hydrogen) atoms. The SMILES string of the molecule is Cn1cc(-c2ccccc2CNC2CC2)cn1. The molecule has 1 aromatic heterocycles. The summed E-state index contributed by atoms with van der Waals surface area (Å²) >= 11 is 0. The topological polar surface area (TPSA) is 29.9 Å². The molecule has 0 amide bonds. The van der Waals surface area contributed by atoms with E-state index >= 15 is 0 Å². The van der Waals surface area contributed by atoms with Gasteiger partial charge < -0.3 is 5.32 Å². The van der Waals surface area contributed by atoms with Crippen molar-refractivity contribution in [3.05, 3.63) is 42.2 Å². The minimum absolute atomic E-state index is 0.747. The van der Waals surface area contributed by atoms with Crippen LogP contribution in [0.15, 0.2) is 36.7 Å². The van der Waals surface area contributed by atoms with Crippen molar-refractivity contribution in [2.24, 2.45) is 7.05 Å². The van der Waals surface area contributed by atoms with Gasteiger partial charge in [0.2, 0.25) is 0 Å². The second-order valence-electron chi connectivity index (χ2n) is 4.72. The first-order valence-electron chi connectivity index (χ1n) is 6.13. The molecule has 3 heteroatoms. The summed E-state index contributed by atoms with van der Waals surface area (Å²) in [6.45, 7) is 0.954. The molecule has 1 fully saturated rings. The summed E-state index contributed by atoms with van der Waals surface area (Å²) in [6.07, 6.45) is 6.65. The Bertz CT molecular complexity index is 512. The predicted molar refractivity (Wildman–Crippen MR) is 68.5 cm³/mol. The monoisotopic (exact) mass is 227 g/mol. The molecule has 3 rings (SSSR count). The molecule has 0 bridgehead atoms. The number of nitrogens with zero attached hydrogens (tertiary/aromatic N) is 2. The molecule has 0 radical (unpaired) electrons. The second kappa shape index (κ2) is 4.34. The summed E-state index contributed by atoms with van der Waals surface area (Å²) in [4.78, 5) is 0. The summed E-state index contributed by atoms with van der Waals surface area (Å²) < 4.78 is 1.85. The molecule has 0 aliphatic heterocycles. The van der Waals surface area contributed by atoms with Crippen molar-refractivity contribution in [3.63, 3.8) is 0 Å². The van der Waals surface area contributed by atoms with Crippen molar-refractivity contribution in [3.8, 4) is 11.1 Å². The van der Waals surface area contributed by atoms with E-state index < -0.39 is 0 Å². The molecule has 1 saturated carbocycles. The maximum Gasteiger partial charge on any atom is 0.0568 e. The molecule has 0 spiro atoms. The van der Waals surface area contributed by atoms with E-state index in [9.17, 15) is 0 Å². The Morgan fingerprint density at radius 1 is 1.35 bits per heavy atom. The highest BCUT2D eigenvalue weighted by atomic mass is 15.2. The molecule has 0 unspecified atom stereocenters. The number of aryl methyl sites for hydroxylation is 1. The molecule has 0 saturated heterocycles. The number of hydrogen-bond acceptors (Lipinski definition) is 2. The van der Waals surface area contributed by atoms with Crippen molar-refractivity contribution in [1.82, 2.24) is 15.1 Å². The van der Waals surface area contributed by atoms with Gasteiger partial charge in [-0.15, -0.1) is 0 Å². The average Bonchev–Trinajstić information content (AvgIpc) is 3.08. The summed E-state index contributed by atoms with van der Waals surface area (Å²) in [5, 5.41) is 7.80. The van der Waals surface area contributed by atoms with E-state index in [0.29, 0.717) is 0 Å². The molecule has 1 heterocycles. The zero-order valence-corrected chi connectivity index (χ0v) is 10.1. The van der Waals surface area contributed by atoms with Crippen LogP contribution in [0.5, 0.6) is 0 Å². The predicted octanol–water partition coefficient (Wildman–Crippen LogP) is 2.34. The van der Waals surface area contributed by atoms with Gasteiger partial charge in [0.05, 0.1) is 6.20 Å². The molecule has 1 aliphatic rings. The third-order valence-electron chi connectivity index (χ3n) is 3.19. The zero-order valence-electron chi connectivity index (χ0n) is 10.1. The first-order chi connectivity index (χ1) is 8.33. The van der Waals surface area contributed by atoms with Crippen LogP contribution in [0.1, 0.15) is 18.4 Å². The van der Waals surface area contributed by atoms with Gasteiger partial charge in [0, 0.05) is 31.4 Å². The van der Waals surface area contributed by atoms with Crippen LogP contribution < -0.4 is 5.32 Å². The summed E-state index contributed by atoms with van der Waals surface area (Å²) in [7, 11) is 1.95. The highest BCUT2D eigenvalue weighted by Gasteiger charge is 2.20. The normalized spacial score (nSPS) is 15.1. The molecule has 1 N–H and O–H groups in total. The van der Waals surface area contributed by atoms with Crippen molar-refractivity contribution >= 4 is 0 Å². The summed E-state index contributed by atoms with van der Waals surface area (Å²) in [6, 6.07) is 9.29. The van der Waals surface area contributed by atoms with Gasteiger partial charge in [-0.25, -0.2) is 0 Å². The average molecular weight is 227 g/mol. The number of hydrogen-bond donors (Lipinski definition) is 1. The van der Waals surface area contributed by atoms with Gasteiger partial charge in [0.15, 0.2) is 0 Å². The lowest BCUT2D eigenvalue weighted by Gasteiger charge is -2.08. The highest BCUT2D eigenvalue weighted by Crippen LogP contribution is 2.25. The maximum atomic E-state index is 4.24. The molecule has 88 valence electrons. The van der Waals surface area contributed by atoms with E-state index in [4.69, 9.17) is 0 Å². The van der Waals surface area contributed by atoms with E-state index in [2.05, 4.69) is 40.9 Å². The Morgan fingerprint density at radius 3 is 2.88 bits per heavy atom. The third-order valence-corrected chi connectivity index (χ3v) is 3.19. The van der Waals surface area contributed by atoms with E-state index in [1.807, 2.05) is 17.9 Å². The van der Waals surface area contributed by atoms with E-state index in [0.717, 1.165) is 12.6 Å². The van der Waals surface area contributed by atoms with E-state index in [-0.39, 0.29) is 0 Å². The van der Waals surface area contributed by atoms with Crippen LogP contribution in [-0.4, -0.2) is 15.8 Å². The minimum atomic E-state index is 0.747. The van der Waals surface area contributed by atoms with Crippen LogP contribution in [0.2, 0.25) is 0 Å². The van der Waals surface area contributed by atoms with Gasteiger partial charge in [-0.2, -0.15) is 5.10 Å². The number of aromatic nitrogens is 2. The molecular weight excluding hydrogens is 210 g/mol. The Balaban J connectivity index is 1.86. The second-order valence-corrected chi connectivity index (χ2v) is 4.72. The standard InChI is InChI=1S/C14H17N3/c1-17-10-12(9-16-17)14-5-3-2-4-11(14)8-15-13-6-7-13/h2-5,9-10,13,15H,6-8H2,1H3. The Kier molecular flexibility index (Phi) is 2.69. The van der Waals surface area contributed by atoms with Crippen LogP contribution in [0.3, 0.4) is 0 Å². The van der Waals surface area contributed by atoms with Crippen LogP contribution >= 0.6 is 0 Å². The van der Waals surface area contributed by atoms with Gasteiger partial charge in [-0.1, -0.05) is 24.3 Å². The molecule has 2 aromatic rings. The highest BCUT2D eigenvalue weighted by molar-refractivity contribution is 5.65. The van der Waals surface area contributed by atoms with Gasteiger partial charge in [-0.3, -0.25) is 4.68 Å². The first kappa shape index (κ1) is 10.5. The number of benzene rings is 1. The fourth-order valence-corrected chi connectivity index (χ4v) is 2.06. The zero-order chi connectivity index (χ0) is 11.7. The lowest BCUT2D eigenvalue weighted by Crippen LogP contribution is -2.15. The lowest BCUT2D eigenvalue weighted by molar-refractivity contribution is 0.689. The van der Waals surface area contributed by atoms with Gasteiger partial charge in [-0.05, 0) is 24.0 Å². The minimum Gasteiger partial charge on any atom is -0.310 e. The van der Waals surface area contributed by atoms with Crippen LogP contribution in [-0.2, 0) is 13.6 Å². The Labute approximate surface area is 101 Å². The van der Waals surface area contributed by atoms with Crippen molar-refractivity contribution in [2.75, 3.05) is 0 Å². The fourth-order valence-electron chi connectivity index (χ4n) is 2.06. The fraction of sp³-hybridized carbons (Fsp3) is 0.357. The molecule has 3 nitrogen and oxygen atoms in total. The van der Waals surface area contributed by atoms with Crippen molar-refractivity contribution in [1.29, 1.82) is 0 Å².